The second kappa shape index (κ2) is 5.05. The lowest BCUT2D eigenvalue weighted by Gasteiger charge is -2.20. The van der Waals surface area contributed by atoms with Gasteiger partial charge >= 0.3 is 0 Å². The molecular formula is C15H21N3O2. The highest BCUT2D eigenvalue weighted by atomic mass is 16.6. The summed E-state index contributed by atoms with van der Waals surface area (Å²) >= 11 is 0. The molecule has 0 bridgehead atoms. The summed E-state index contributed by atoms with van der Waals surface area (Å²) in [5.74, 6) is 0. The van der Waals surface area contributed by atoms with Crippen LogP contribution in [0.2, 0.25) is 0 Å². The zero-order chi connectivity index (χ0) is 14.3. The van der Waals surface area contributed by atoms with Crippen LogP contribution in [0.3, 0.4) is 0 Å². The Morgan fingerprint density at radius 2 is 2.15 bits per heavy atom. The van der Waals surface area contributed by atoms with Crippen molar-refractivity contribution in [3.05, 3.63) is 33.9 Å². The minimum absolute atomic E-state index is 0.183. The predicted octanol–water partition coefficient (Wildman–Crippen LogP) is 2.94. The SMILES string of the molecule is Cc1ccc(NC2CC(C)N(C3CC3)C2)c([N+](=O)[O-])c1. The van der Waals surface area contributed by atoms with Crippen molar-refractivity contribution in [2.75, 3.05) is 11.9 Å². The van der Waals surface area contributed by atoms with Gasteiger partial charge < -0.3 is 5.32 Å². The molecule has 0 amide bonds. The van der Waals surface area contributed by atoms with Gasteiger partial charge in [0.1, 0.15) is 5.69 Å². The molecule has 0 aromatic heterocycles. The zero-order valence-electron chi connectivity index (χ0n) is 12.0. The molecule has 3 rings (SSSR count). The fourth-order valence-electron chi connectivity index (χ4n) is 3.21. The minimum atomic E-state index is -0.299. The monoisotopic (exact) mass is 275 g/mol. The molecule has 5 heteroatoms. The molecule has 5 nitrogen and oxygen atoms in total. The Morgan fingerprint density at radius 3 is 2.80 bits per heavy atom. The highest BCUT2D eigenvalue weighted by Gasteiger charge is 2.39. The van der Waals surface area contributed by atoms with E-state index in [0.29, 0.717) is 17.8 Å². The lowest BCUT2D eigenvalue weighted by molar-refractivity contribution is -0.384. The number of aryl methyl sites for hydroxylation is 1. The molecule has 2 fully saturated rings. The van der Waals surface area contributed by atoms with Crippen molar-refractivity contribution in [1.82, 2.24) is 4.90 Å². The Labute approximate surface area is 119 Å². The number of nitro benzene ring substituents is 1. The van der Waals surface area contributed by atoms with Crippen molar-refractivity contribution in [2.24, 2.45) is 0 Å². The summed E-state index contributed by atoms with van der Waals surface area (Å²) in [6.07, 6.45) is 3.67. The van der Waals surface area contributed by atoms with Gasteiger partial charge in [-0.05, 0) is 44.7 Å². The van der Waals surface area contributed by atoms with Crippen LogP contribution in [0, 0.1) is 17.0 Å². The molecule has 20 heavy (non-hydrogen) atoms. The van der Waals surface area contributed by atoms with Crippen molar-refractivity contribution < 1.29 is 4.92 Å². The molecule has 1 aliphatic heterocycles. The van der Waals surface area contributed by atoms with E-state index in [9.17, 15) is 10.1 Å². The maximum absolute atomic E-state index is 11.1. The summed E-state index contributed by atoms with van der Waals surface area (Å²) in [5.41, 5.74) is 1.75. The van der Waals surface area contributed by atoms with Gasteiger partial charge in [0.2, 0.25) is 0 Å². The second-order valence-corrected chi connectivity index (χ2v) is 6.13. The van der Waals surface area contributed by atoms with Gasteiger partial charge in [-0.3, -0.25) is 15.0 Å². The summed E-state index contributed by atoms with van der Waals surface area (Å²) in [5, 5.41) is 14.5. The molecule has 0 radical (unpaired) electrons. The lowest BCUT2D eigenvalue weighted by Crippen LogP contribution is -2.31. The number of nitrogens with zero attached hydrogens (tertiary/aromatic N) is 2. The third kappa shape index (κ3) is 2.63. The van der Waals surface area contributed by atoms with Crippen LogP contribution in [0.25, 0.3) is 0 Å². The van der Waals surface area contributed by atoms with Crippen LogP contribution < -0.4 is 5.32 Å². The average Bonchev–Trinajstić information content (AvgIpc) is 3.16. The van der Waals surface area contributed by atoms with E-state index in [0.717, 1.165) is 24.6 Å². The van der Waals surface area contributed by atoms with E-state index in [2.05, 4.69) is 17.1 Å². The number of rotatable bonds is 4. The highest BCUT2D eigenvalue weighted by molar-refractivity contribution is 5.63. The Hall–Kier alpha value is -1.62. The van der Waals surface area contributed by atoms with Gasteiger partial charge in [-0.1, -0.05) is 6.07 Å². The first-order chi connectivity index (χ1) is 9.54. The van der Waals surface area contributed by atoms with Gasteiger partial charge in [-0.15, -0.1) is 0 Å². The normalized spacial score (nSPS) is 26.7. The van der Waals surface area contributed by atoms with Gasteiger partial charge in [0.05, 0.1) is 4.92 Å². The summed E-state index contributed by atoms with van der Waals surface area (Å²) in [7, 11) is 0. The molecule has 2 unspecified atom stereocenters. The fraction of sp³-hybridized carbons (Fsp3) is 0.600. The molecule has 0 spiro atoms. The Balaban J connectivity index is 1.73. The van der Waals surface area contributed by atoms with Crippen molar-refractivity contribution in [3.8, 4) is 0 Å². The molecule has 1 aromatic carbocycles. The summed E-state index contributed by atoms with van der Waals surface area (Å²) in [6.45, 7) is 5.13. The second-order valence-electron chi connectivity index (χ2n) is 6.13. The molecular weight excluding hydrogens is 254 g/mol. The van der Waals surface area contributed by atoms with E-state index >= 15 is 0 Å². The Kier molecular flexibility index (Phi) is 3.38. The summed E-state index contributed by atoms with van der Waals surface area (Å²) in [4.78, 5) is 13.4. The van der Waals surface area contributed by atoms with E-state index in [1.54, 1.807) is 6.07 Å². The van der Waals surface area contributed by atoms with Crippen LogP contribution in [0.1, 0.15) is 31.7 Å². The molecule has 2 aliphatic rings. The van der Waals surface area contributed by atoms with Crippen LogP contribution in [0.15, 0.2) is 18.2 Å². The number of anilines is 1. The standard InChI is InChI=1S/C15H21N3O2/c1-10-3-6-14(15(7-10)18(19)20)16-12-8-11(2)17(9-12)13-4-5-13/h3,6-7,11-13,16H,4-5,8-9H2,1-2H3. The van der Waals surface area contributed by atoms with Crippen molar-refractivity contribution in [1.29, 1.82) is 0 Å². The summed E-state index contributed by atoms with van der Waals surface area (Å²) in [6, 6.07) is 7.03. The maximum Gasteiger partial charge on any atom is 0.292 e. The van der Waals surface area contributed by atoms with E-state index in [1.165, 1.54) is 12.8 Å². The molecule has 1 aliphatic carbocycles. The molecule has 1 aromatic rings. The van der Waals surface area contributed by atoms with Gasteiger partial charge in [0.25, 0.3) is 5.69 Å². The third-order valence-corrected chi connectivity index (χ3v) is 4.35. The molecule has 108 valence electrons. The van der Waals surface area contributed by atoms with Gasteiger partial charge in [-0.25, -0.2) is 0 Å². The first kappa shape index (κ1) is 13.4. The quantitative estimate of drug-likeness (QED) is 0.678. The van der Waals surface area contributed by atoms with Gasteiger partial charge in [0, 0.05) is 30.7 Å². The van der Waals surface area contributed by atoms with E-state index in [1.807, 2.05) is 19.1 Å². The molecule has 1 saturated carbocycles. The largest absolute Gasteiger partial charge is 0.375 e. The maximum atomic E-state index is 11.1. The number of hydrogen-bond acceptors (Lipinski definition) is 4. The molecule has 1 saturated heterocycles. The number of benzene rings is 1. The first-order valence-corrected chi connectivity index (χ1v) is 7.32. The fourth-order valence-corrected chi connectivity index (χ4v) is 3.21. The lowest BCUT2D eigenvalue weighted by atomic mass is 10.1. The predicted molar refractivity (Wildman–Crippen MR) is 79.1 cm³/mol. The van der Waals surface area contributed by atoms with Gasteiger partial charge in [-0.2, -0.15) is 0 Å². The zero-order valence-corrected chi connectivity index (χ0v) is 12.0. The van der Waals surface area contributed by atoms with Gasteiger partial charge in [0.15, 0.2) is 0 Å². The first-order valence-electron chi connectivity index (χ1n) is 7.32. The van der Waals surface area contributed by atoms with Crippen LogP contribution in [-0.4, -0.2) is 34.5 Å². The van der Waals surface area contributed by atoms with Crippen molar-refractivity contribution >= 4 is 11.4 Å². The highest BCUT2D eigenvalue weighted by Crippen LogP contribution is 2.35. The Morgan fingerprint density at radius 1 is 1.40 bits per heavy atom. The van der Waals surface area contributed by atoms with Crippen LogP contribution in [0.5, 0.6) is 0 Å². The molecule has 1 N–H and O–H groups in total. The van der Waals surface area contributed by atoms with E-state index in [4.69, 9.17) is 0 Å². The smallest absolute Gasteiger partial charge is 0.292 e. The van der Waals surface area contributed by atoms with Crippen molar-refractivity contribution in [3.63, 3.8) is 0 Å². The topological polar surface area (TPSA) is 58.4 Å². The van der Waals surface area contributed by atoms with Crippen molar-refractivity contribution in [2.45, 2.75) is 51.2 Å². The number of likely N-dealkylation sites (tertiary alicyclic amines) is 1. The van der Waals surface area contributed by atoms with Crippen LogP contribution >= 0.6 is 0 Å². The average molecular weight is 275 g/mol. The van der Waals surface area contributed by atoms with Crippen LogP contribution in [-0.2, 0) is 0 Å². The molecule has 2 atom stereocenters. The minimum Gasteiger partial charge on any atom is -0.375 e. The van der Waals surface area contributed by atoms with E-state index in [-0.39, 0.29) is 10.6 Å². The Bertz CT molecular complexity index is 528. The number of nitro groups is 1. The summed E-state index contributed by atoms with van der Waals surface area (Å²) < 4.78 is 0. The van der Waals surface area contributed by atoms with Crippen LogP contribution in [0.4, 0.5) is 11.4 Å². The number of nitrogens with one attached hydrogen (secondary N) is 1. The number of hydrogen-bond donors (Lipinski definition) is 1. The molecule has 1 heterocycles. The van der Waals surface area contributed by atoms with E-state index < -0.39 is 0 Å². The third-order valence-electron chi connectivity index (χ3n) is 4.35.